The Hall–Kier alpha value is -3.40. The fourth-order valence-electron chi connectivity index (χ4n) is 3.78. The predicted octanol–water partition coefficient (Wildman–Crippen LogP) is 7.14. The van der Waals surface area contributed by atoms with Crippen LogP contribution in [0.5, 0.6) is 5.75 Å². The molecule has 4 heteroatoms. The molecule has 0 fully saturated rings. The third-order valence-electron chi connectivity index (χ3n) is 6.45. The van der Waals surface area contributed by atoms with Crippen molar-refractivity contribution in [2.75, 3.05) is 0 Å². The first kappa shape index (κ1) is 25.2. The van der Waals surface area contributed by atoms with Crippen LogP contribution in [-0.4, -0.2) is 18.0 Å². The Morgan fingerprint density at radius 3 is 1.68 bits per heavy atom. The molecule has 0 N–H and O–H groups in total. The minimum atomic E-state index is -0.470. The highest BCUT2D eigenvalue weighted by Crippen LogP contribution is 2.31. The lowest BCUT2D eigenvalue weighted by Crippen LogP contribution is -2.19. The summed E-state index contributed by atoms with van der Waals surface area (Å²) in [6.45, 7) is 10.4. The highest BCUT2D eigenvalue weighted by molar-refractivity contribution is 5.94. The monoisotopic (exact) mass is 458 g/mol. The highest BCUT2D eigenvalue weighted by Gasteiger charge is 2.21. The number of carbonyl (C=O) groups excluding carboxylic acids is 2. The van der Waals surface area contributed by atoms with Gasteiger partial charge in [0.25, 0.3) is 0 Å². The zero-order chi connectivity index (χ0) is 24.7. The number of carbonyl (C=O) groups is 2. The van der Waals surface area contributed by atoms with Gasteiger partial charge >= 0.3 is 11.9 Å². The Bertz CT molecular complexity index is 1090. The molecule has 0 heterocycles. The lowest BCUT2D eigenvalue weighted by atomic mass is 9.77. The first-order chi connectivity index (χ1) is 16.2. The van der Waals surface area contributed by atoms with Crippen molar-refractivity contribution >= 4 is 11.9 Å². The molecule has 0 radical (unpaired) electrons. The van der Waals surface area contributed by atoms with Gasteiger partial charge in [0.1, 0.15) is 5.75 Å². The average Bonchev–Trinajstić information content (AvgIpc) is 2.85. The van der Waals surface area contributed by atoms with E-state index in [0.29, 0.717) is 16.9 Å². The number of ether oxygens (including phenoxy) is 2. The normalized spacial score (nSPS) is 11.4. The van der Waals surface area contributed by atoms with Crippen LogP contribution in [0.3, 0.4) is 0 Å². The third kappa shape index (κ3) is 6.34. The van der Waals surface area contributed by atoms with Crippen LogP contribution in [0.1, 0.15) is 84.9 Å². The maximum atomic E-state index is 12.5. The van der Waals surface area contributed by atoms with E-state index in [4.69, 9.17) is 9.47 Å². The number of rotatable bonds is 9. The molecular weight excluding hydrogens is 424 g/mol. The molecule has 0 unspecified atom stereocenters. The molecule has 0 aliphatic heterocycles. The van der Waals surface area contributed by atoms with Crippen molar-refractivity contribution < 1.29 is 19.1 Å². The van der Waals surface area contributed by atoms with Crippen LogP contribution in [0.2, 0.25) is 0 Å². The Morgan fingerprint density at radius 1 is 0.735 bits per heavy atom. The van der Waals surface area contributed by atoms with Crippen molar-refractivity contribution in [2.24, 2.45) is 0 Å². The van der Waals surface area contributed by atoms with E-state index in [9.17, 15) is 9.59 Å². The van der Waals surface area contributed by atoms with Crippen LogP contribution in [0, 0.1) is 0 Å². The molecule has 0 aromatic heterocycles. The summed E-state index contributed by atoms with van der Waals surface area (Å²) in [6.07, 6.45) is 2.87. The van der Waals surface area contributed by atoms with Crippen molar-refractivity contribution in [3.63, 3.8) is 0 Å². The summed E-state index contributed by atoms with van der Waals surface area (Å²) in [5.74, 6) is -0.402. The second-order valence-corrected chi connectivity index (χ2v) is 9.21. The van der Waals surface area contributed by atoms with Gasteiger partial charge in [-0.1, -0.05) is 57.2 Å². The molecule has 0 aliphatic rings. The predicted molar refractivity (Wildman–Crippen MR) is 136 cm³/mol. The van der Waals surface area contributed by atoms with Crippen molar-refractivity contribution in [1.29, 1.82) is 0 Å². The maximum absolute atomic E-state index is 12.5. The van der Waals surface area contributed by atoms with E-state index in [-0.39, 0.29) is 11.5 Å². The Morgan fingerprint density at radius 2 is 1.21 bits per heavy atom. The van der Waals surface area contributed by atoms with Gasteiger partial charge in [0.15, 0.2) is 0 Å². The summed E-state index contributed by atoms with van der Waals surface area (Å²) >= 11 is 0. The summed E-state index contributed by atoms with van der Waals surface area (Å²) in [4.78, 5) is 24.4. The third-order valence-corrected chi connectivity index (χ3v) is 6.45. The molecule has 34 heavy (non-hydrogen) atoms. The Labute approximate surface area is 202 Å². The van der Waals surface area contributed by atoms with Crippen LogP contribution in [0.25, 0.3) is 0 Å². The number of hydrogen-bond acceptors (Lipinski definition) is 4. The van der Waals surface area contributed by atoms with Crippen LogP contribution < -0.4 is 4.74 Å². The molecule has 3 aromatic rings. The van der Waals surface area contributed by atoms with Crippen LogP contribution in [-0.2, 0) is 16.6 Å². The fourth-order valence-corrected chi connectivity index (χ4v) is 3.78. The summed E-state index contributed by atoms with van der Waals surface area (Å²) < 4.78 is 10.7. The van der Waals surface area contributed by atoms with Gasteiger partial charge in [-0.2, -0.15) is 0 Å². The zero-order valence-electron chi connectivity index (χ0n) is 20.8. The van der Waals surface area contributed by atoms with E-state index < -0.39 is 11.9 Å². The van der Waals surface area contributed by atoms with Gasteiger partial charge in [0.2, 0.25) is 0 Å². The van der Waals surface area contributed by atoms with Gasteiger partial charge in [-0.05, 0) is 91.6 Å². The van der Waals surface area contributed by atoms with E-state index in [2.05, 4.69) is 45.0 Å². The standard InChI is InChI=1S/C30H34O4/c1-6-30(5,7-2)26-16-8-22(9-17-26)20-23-10-18-27(19-11-23)34-29(32)25-14-12-24(13-15-25)28(31)33-21(3)4/h8-19,21H,6-7,20H2,1-5H3. The Kier molecular flexibility index (Phi) is 8.27. The summed E-state index contributed by atoms with van der Waals surface area (Å²) in [5, 5.41) is 0. The minimum absolute atomic E-state index is 0.197. The molecule has 0 atom stereocenters. The topological polar surface area (TPSA) is 52.6 Å². The van der Waals surface area contributed by atoms with Gasteiger partial charge in [0.05, 0.1) is 17.2 Å². The molecule has 0 bridgehead atoms. The second-order valence-electron chi connectivity index (χ2n) is 9.21. The van der Waals surface area contributed by atoms with Gasteiger partial charge in [-0.3, -0.25) is 0 Å². The van der Waals surface area contributed by atoms with Crippen molar-refractivity contribution in [3.8, 4) is 5.75 Å². The van der Waals surface area contributed by atoms with E-state index in [0.717, 1.165) is 24.8 Å². The SMILES string of the molecule is CCC(C)(CC)c1ccc(Cc2ccc(OC(=O)c3ccc(C(=O)OC(C)C)cc3)cc2)cc1. The maximum Gasteiger partial charge on any atom is 0.343 e. The molecule has 0 spiro atoms. The van der Waals surface area contributed by atoms with Crippen molar-refractivity contribution in [1.82, 2.24) is 0 Å². The number of esters is 2. The molecule has 4 nitrogen and oxygen atoms in total. The first-order valence-electron chi connectivity index (χ1n) is 12.0. The molecule has 0 amide bonds. The molecule has 0 saturated carbocycles. The quantitative estimate of drug-likeness (QED) is 0.253. The largest absolute Gasteiger partial charge is 0.459 e. The molecule has 0 saturated heterocycles. The van der Waals surface area contributed by atoms with Crippen molar-refractivity contribution in [2.45, 2.75) is 65.4 Å². The van der Waals surface area contributed by atoms with Crippen LogP contribution >= 0.6 is 0 Å². The van der Waals surface area contributed by atoms with Crippen molar-refractivity contribution in [3.05, 3.63) is 101 Å². The first-order valence-corrected chi connectivity index (χ1v) is 12.0. The van der Waals surface area contributed by atoms with E-state index in [1.807, 2.05) is 12.1 Å². The number of hydrogen-bond donors (Lipinski definition) is 0. The van der Waals surface area contributed by atoms with Crippen LogP contribution in [0.15, 0.2) is 72.8 Å². The highest BCUT2D eigenvalue weighted by atomic mass is 16.5. The molecule has 3 rings (SSSR count). The lowest BCUT2D eigenvalue weighted by Gasteiger charge is -2.27. The molecule has 0 aliphatic carbocycles. The fraction of sp³-hybridized carbons (Fsp3) is 0.333. The smallest absolute Gasteiger partial charge is 0.343 e. The Balaban J connectivity index is 1.59. The molecule has 178 valence electrons. The zero-order valence-corrected chi connectivity index (χ0v) is 20.8. The average molecular weight is 459 g/mol. The summed E-state index contributed by atoms with van der Waals surface area (Å²) in [5.41, 5.74) is 4.77. The molecule has 3 aromatic carbocycles. The summed E-state index contributed by atoms with van der Waals surface area (Å²) in [7, 11) is 0. The van der Waals surface area contributed by atoms with E-state index in [1.165, 1.54) is 11.1 Å². The van der Waals surface area contributed by atoms with Gasteiger partial charge in [-0.25, -0.2) is 9.59 Å². The summed E-state index contributed by atoms with van der Waals surface area (Å²) in [6, 6.07) is 22.7. The second kappa shape index (κ2) is 11.1. The van der Waals surface area contributed by atoms with Crippen LogP contribution in [0.4, 0.5) is 0 Å². The van der Waals surface area contributed by atoms with Gasteiger partial charge < -0.3 is 9.47 Å². The van der Waals surface area contributed by atoms with Gasteiger partial charge in [0, 0.05) is 0 Å². The van der Waals surface area contributed by atoms with E-state index in [1.54, 1.807) is 50.2 Å². The number of benzene rings is 3. The van der Waals surface area contributed by atoms with E-state index >= 15 is 0 Å². The minimum Gasteiger partial charge on any atom is -0.459 e. The molecular formula is C30H34O4. The van der Waals surface area contributed by atoms with Gasteiger partial charge in [-0.15, -0.1) is 0 Å². The lowest BCUT2D eigenvalue weighted by molar-refractivity contribution is 0.0377.